The van der Waals surface area contributed by atoms with E-state index in [1.165, 1.54) is 5.56 Å². The maximum atomic E-state index is 5.60. The number of benzene rings is 1. The van der Waals surface area contributed by atoms with E-state index in [4.69, 9.17) is 9.47 Å². The van der Waals surface area contributed by atoms with Crippen LogP contribution in [0.4, 0.5) is 0 Å². The maximum Gasteiger partial charge on any atom is 0.122 e. The molecule has 0 aliphatic rings. The number of hydrogen-bond donors (Lipinski definition) is 0. The molecule has 0 aliphatic heterocycles. The van der Waals surface area contributed by atoms with Crippen molar-refractivity contribution in [1.29, 1.82) is 0 Å². The fourth-order valence-corrected chi connectivity index (χ4v) is 1.21. The van der Waals surface area contributed by atoms with Gasteiger partial charge >= 0.3 is 0 Å². The number of aryl methyl sites for hydroxylation is 1. The Labute approximate surface area is 85.8 Å². The van der Waals surface area contributed by atoms with Crippen molar-refractivity contribution >= 4 is 0 Å². The van der Waals surface area contributed by atoms with Crippen LogP contribution in [0.1, 0.15) is 18.9 Å². The molecule has 0 N–H and O–H groups in total. The Morgan fingerprint density at radius 2 is 1.93 bits per heavy atom. The molecule has 78 valence electrons. The summed E-state index contributed by atoms with van der Waals surface area (Å²) in [7, 11) is 0. The molecule has 0 saturated heterocycles. The van der Waals surface area contributed by atoms with Gasteiger partial charge < -0.3 is 9.47 Å². The average molecular weight is 194 g/mol. The molecule has 0 saturated carbocycles. The van der Waals surface area contributed by atoms with Gasteiger partial charge in [0.05, 0.1) is 6.61 Å². The summed E-state index contributed by atoms with van der Waals surface area (Å²) in [5.74, 6) is 0.976. The number of para-hydroxylation sites is 1. The van der Waals surface area contributed by atoms with Crippen LogP contribution in [0.15, 0.2) is 24.3 Å². The van der Waals surface area contributed by atoms with Gasteiger partial charge in [-0.25, -0.2) is 0 Å². The van der Waals surface area contributed by atoms with Crippen molar-refractivity contribution in [1.82, 2.24) is 0 Å². The van der Waals surface area contributed by atoms with Gasteiger partial charge in [0.2, 0.25) is 0 Å². The standard InChI is InChI=1S/C12H18O2/c1-3-13-9-6-10-14-12-8-5-4-7-11(12)2/h4-5,7-8H,3,6,9-10H2,1-2H3. The molecule has 14 heavy (non-hydrogen) atoms. The summed E-state index contributed by atoms with van der Waals surface area (Å²) < 4.78 is 10.8. The highest BCUT2D eigenvalue weighted by Gasteiger charge is 1.96. The molecule has 0 atom stereocenters. The molecule has 1 rings (SSSR count). The predicted molar refractivity (Wildman–Crippen MR) is 57.8 cm³/mol. The van der Waals surface area contributed by atoms with E-state index in [2.05, 4.69) is 13.0 Å². The number of rotatable bonds is 6. The van der Waals surface area contributed by atoms with Crippen LogP contribution in [0.2, 0.25) is 0 Å². The van der Waals surface area contributed by atoms with Crippen LogP contribution in [0.3, 0.4) is 0 Å². The summed E-state index contributed by atoms with van der Waals surface area (Å²) in [6.07, 6.45) is 0.947. The third kappa shape index (κ3) is 3.79. The molecule has 0 fully saturated rings. The third-order valence-electron chi connectivity index (χ3n) is 1.99. The Bertz CT molecular complexity index is 258. The lowest BCUT2D eigenvalue weighted by atomic mass is 10.2. The monoisotopic (exact) mass is 194 g/mol. The summed E-state index contributed by atoms with van der Waals surface area (Å²) in [5, 5.41) is 0. The molecule has 0 radical (unpaired) electrons. The summed E-state index contributed by atoms with van der Waals surface area (Å²) in [6.45, 7) is 6.34. The lowest BCUT2D eigenvalue weighted by molar-refractivity contribution is 0.130. The smallest absolute Gasteiger partial charge is 0.122 e. The van der Waals surface area contributed by atoms with Gasteiger partial charge in [-0.05, 0) is 25.5 Å². The molecule has 0 spiro atoms. The quantitative estimate of drug-likeness (QED) is 0.648. The molecule has 1 aromatic carbocycles. The predicted octanol–water partition coefficient (Wildman–Crippen LogP) is 2.80. The van der Waals surface area contributed by atoms with E-state index in [0.717, 1.165) is 32.0 Å². The second-order valence-corrected chi connectivity index (χ2v) is 3.16. The van der Waals surface area contributed by atoms with Crippen molar-refractivity contribution in [2.75, 3.05) is 19.8 Å². The maximum absolute atomic E-state index is 5.60. The molecule has 2 heteroatoms. The highest BCUT2D eigenvalue weighted by Crippen LogP contribution is 2.15. The first kappa shape index (κ1) is 11.1. The largest absolute Gasteiger partial charge is 0.493 e. The van der Waals surface area contributed by atoms with Gasteiger partial charge in [-0.1, -0.05) is 18.2 Å². The summed E-state index contributed by atoms with van der Waals surface area (Å²) in [5.41, 5.74) is 1.18. The molecular weight excluding hydrogens is 176 g/mol. The highest BCUT2D eigenvalue weighted by molar-refractivity contribution is 5.31. The zero-order chi connectivity index (χ0) is 10.2. The minimum atomic E-state index is 0.727. The van der Waals surface area contributed by atoms with Crippen molar-refractivity contribution in [2.24, 2.45) is 0 Å². The van der Waals surface area contributed by atoms with Crippen molar-refractivity contribution in [3.8, 4) is 5.75 Å². The Hall–Kier alpha value is -1.02. The zero-order valence-corrected chi connectivity index (χ0v) is 8.95. The van der Waals surface area contributed by atoms with Crippen LogP contribution >= 0.6 is 0 Å². The van der Waals surface area contributed by atoms with Crippen LogP contribution in [0, 0.1) is 6.92 Å². The second kappa shape index (κ2) is 6.44. The first-order chi connectivity index (χ1) is 6.84. The van der Waals surface area contributed by atoms with E-state index < -0.39 is 0 Å². The van der Waals surface area contributed by atoms with E-state index in [9.17, 15) is 0 Å². The first-order valence-corrected chi connectivity index (χ1v) is 5.10. The van der Waals surface area contributed by atoms with Gasteiger partial charge in [0.15, 0.2) is 0 Å². The summed E-state index contributed by atoms with van der Waals surface area (Å²) >= 11 is 0. The summed E-state index contributed by atoms with van der Waals surface area (Å²) in [4.78, 5) is 0. The topological polar surface area (TPSA) is 18.5 Å². The van der Waals surface area contributed by atoms with Crippen LogP contribution < -0.4 is 4.74 Å². The number of ether oxygens (including phenoxy) is 2. The molecule has 0 aromatic heterocycles. The minimum Gasteiger partial charge on any atom is -0.493 e. The SMILES string of the molecule is CCOCCCOc1ccccc1C. The lowest BCUT2D eigenvalue weighted by Gasteiger charge is -2.08. The van der Waals surface area contributed by atoms with Gasteiger partial charge in [0.1, 0.15) is 5.75 Å². The van der Waals surface area contributed by atoms with Crippen molar-refractivity contribution in [3.63, 3.8) is 0 Å². The Balaban J connectivity index is 2.21. The second-order valence-electron chi connectivity index (χ2n) is 3.16. The van der Waals surface area contributed by atoms with Crippen LogP contribution in [-0.4, -0.2) is 19.8 Å². The molecule has 0 amide bonds. The minimum absolute atomic E-state index is 0.727. The Kier molecular flexibility index (Phi) is 5.08. The Morgan fingerprint density at radius 3 is 2.64 bits per heavy atom. The van der Waals surface area contributed by atoms with Gasteiger partial charge in [0.25, 0.3) is 0 Å². The van der Waals surface area contributed by atoms with Crippen LogP contribution in [-0.2, 0) is 4.74 Å². The molecule has 0 unspecified atom stereocenters. The molecule has 1 aromatic rings. The van der Waals surface area contributed by atoms with Gasteiger partial charge in [-0.3, -0.25) is 0 Å². The fraction of sp³-hybridized carbons (Fsp3) is 0.500. The van der Waals surface area contributed by atoms with E-state index >= 15 is 0 Å². The van der Waals surface area contributed by atoms with E-state index in [0.29, 0.717) is 0 Å². The third-order valence-corrected chi connectivity index (χ3v) is 1.99. The molecule has 0 heterocycles. The lowest BCUT2D eigenvalue weighted by Crippen LogP contribution is -2.03. The van der Waals surface area contributed by atoms with E-state index in [1.54, 1.807) is 0 Å². The van der Waals surface area contributed by atoms with Crippen molar-refractivity contribution in [3.05, 3.63) is 29.8 Å². The average Bonchev–Trinajstić information content (AvgIpc) is 2.20. The Morgan fingerprint density at radius 1 is 1.14 bits per heavy atom. The first-order valence-electron chi connectivity index (χ1n) is 5.10. The van der Waals surface area contributed by atoms with Crippen molar-refractivity contribution < 1.29 is 9.47 Å². The van der Waals surface area contributed by atoms with E-state index in [1.807, 2.05) is 25.1 Å². The molecule has 0 aliphatic carbocycles. The van der Waals surface area contributed by atoms with Gasteiger partial charge in [-0.15, -0.1) is 0 Å². The molecule has 0 bridgehead atoms. The fourth-order valence-electron chi connectivity index (χ4n) is 1.21. The normalized spacial score (nSPS) is 10.1. The highest BCUT2D eigenvalue weighted by atomic mass is 16.5. The van der Waals surface area contributed by atoms with Crippen LogP contribution in [0.5, 0.6) is 5.75 Å². The van der Waals surface area contributed by atoms with Gasteiger partial charge in [-0.2, -0.15) is 0 Å². The summed E-state index contributed by atoms with van der Waals surface area (Å²) in [6, 6.07) is 8.06. The van der Waals surface area contributed by atoms with Crippen LogP contribution in [0.25, 0.3) is 0 Å². The van der Waals surface area contributed by atoms with Crippen molar-refractivity contribution in [2.45, 2.75) is 20.3 Å². The van der Waals surface area contributed by atoms with Gasteiger partial charge in [0, 0.05) is 19.6 Å². The number of hydrogen-bond acceptors (Lipinski definition) is 2. The molecule has 2 nitrogen and oxygen atoms in total. The zero-order valence-electron chi connectivity index (χ0n) is 8.95. The molecular formula is C12H18O2. The van der Waals surface area contributed by atoms with E-state index in [-0.39, 0.29) is 0 Å².